The maximum absolute atomic E-state index is 11.9. The first kappa shape index (κ1) is 18.8. The molecule has 23 heavy (non-hydrogen) atoms. The van der Waals surface area contributed by atoms with Crippen molar-refractivity contribution in [2.75, 3.05) is 5.08 Å². The van der Waals surface area contributed by atoms with Crippen molar-refractivity contribution in [1.82, 2.24) is 0 Å². The zero-order valence-electron chi connectivity index (χ0n) is 12.0. The van der Waals surface area contributed by atoms with Crippen molar-refractivity contribution >= 4 is 66.4 Å². The molecule has 0 bridgehead atoms. The summed E-state index contributed by atoms with van der Waals surface area (Å²) in [6.07, 6.45) is 3.55. The van der Waals surface area contributed by atoms with Gasteiger partial charge in [-0.05, 0) is 47.5 Å². The molecule has 0 heterocycles. The van der Waals surface area contributed by atoms with Gasteiger partial charge in [-0.1, -0.05) is 56.1 Å². The van der Waals surface area contributed by atoms with E-state index < -0.39 is 22.4 Å². The van der Waals surface area contributed by atoms with E-state index in [1.807, 2.05) is 48.5 Å². The highest BCUT2D eigenvalue weighted by Crippen LogP contribution is 2.14. The first-order valence-corrected chi connectivity index (χ1v) is 11.0. The largest absolute Gasteiger partial charge is 0.608 e. The molecule has 0 aliphatic rings. The second-order valence-corrected chi connectivity index (χ2v) is 9.43. The first-order chi connectivity index (χ1) is 11.0. The lowest BCUT2D eigenvalue weighted by molar-refractivity contribution is 0.596. The van der Waals surface area contributed by atoms with Crippen molar-refractivity contribution < 1.29 is 9.11 Å². The van der Waals surface area contributed by atoms with E-state index >= 15 is 0 Å². The average Bonchev–Trinajstić information content (AvgIpc) is 2.54. The number of rotatable bonds is 6. The third-order valence-electron chi connectivity index (χ3n) is 2.80. The van der Waals surface area contributed by atoms with Crippen LogP contribution in [-0.2, 0) is 22.4 Å². The number of benzene rings is 2. The second kappa shape index (κ2) is 9.71. The fourth-order valence-electron chi connectivity index (χ4n) is 1.65. The molecule has 0 radical (unpaired) electrons. The van der Waals surface area contributed by atoms with Crippen LogP contribution < -0.4 is 0 Å². The van der Waals surface area contributed by atoms with Gasteiger partial charge in [-0.15, -0.1) is 0 Å². The van der Waals surface area contributed by atoms with E-state index in [-0.39, 0.29) is 5.08 Å². The number of hydrogen-bond donors (Lipinski definition) is 0. The predicted molar refractivity (Wildman–Crippen MR) is 108 cm³/mol. The van der Waals surface area contributed by atoms with Crippen LogP contribution in [0.3, 0.4) is 0 Å². The molecular formula is C17H14Br2O2S2. The smallest absolute Gasteiger partial charge is 0.262 e. The van der Waals surface area contributed by atoms with Crippen LogP contribution >= 0.6 is 31.9 Å². The first-order valence-electron chi connectivity index (χ1n) is 6.65. The van der Waals surface area contributed by atoms with Crippen LogP contribution in [-0.4, -0.2) is 14.2 Å². The Morgan fingerprint density at radius 2 is 1.04 bits per heavy atom. The lowest BCUT2D eigenvalue weighted by Gasteiger charge is -2.07. The SMILES string of the molecule is [O-][S+](C=Cc1ccc(Br)cc1)C[S+]([O-])/C=C\c1ccc(Br)cc1. The summed E-state index contributed by atoms with van der Waals surface area (Å²) in [5.74, 6) is 0. The van der Waals surface area contributed by atoms with Gasteiger partial charge in [-0.2, -0.15) is 0 Å². The summed E-state index contributed by atoms with van der Waals surface area (Å²) >= 11 is 4.19. The van der Waals surface area contributed by atoms with E-state index in [0.29, 0.717) is 0 Å². The molecule has 0 aliphatic heterocycles. The normalized spacial score (nSPS) is 14.4. The minimum absolute atomic E-state index is 0.0973. The Balaban J connectivity index is 1.85. The van der Waals surface area contributed by atoms with Gasteiger partial charge in [0, 0.05) is 31.3 Å². The van der Waals surface area contributed by atoms with Gasteiger partial charge in [0.15, 0.2) is 0 Å². The Morgan fingerprint density at radius 3 is 1.39 bits per heavy atom. The maximum Gasteiger partial charge on any atom is 0.262 e. The zero-order valence-corrected chi connectivity index (χ0v) is 16.8. The van der Waals surface area contributed by atoms with E-state index in [4.69, 9.17) is 0 Å². The van der Waals surface area contributed by atoms with Crippen LogP contribution in [0.4, 0.5) is 0 Å². The van der Waals surface area contributed by atoms with Crippen LogP contribution in [0.25, 0.3) is 12.2 Å². The van der Waals surface area contributed by atoms with Gasteiger partial charge in [0.25, 0.3) is 5.08 Å². The van der Waals surface area contributed by atoms with Crippen molar-refractivity contribution in [2.45, 2.75) is 0 Å². The third kappa shape index (κ3) is 7.28. The second-order valence-electron chi connectivity index (χ2n) is 4.59. The van der Waals surface area contributed by atoms with Gasteiger partial charge >= 0.3 is 0 Å². The Labute approximate surface area is 159 Å². The Kier molecular flexibility index (Phi) is 7.95. The lowest BCUT2D eigenvalue weighted by Crippen LogP contribution is -2.11. The summed E-state index contributed by atoms with van der Waals surface area (Å²) in [5.41, 5.74) is 1.91. The average molecular weight is 474 g/mol. The Hall–Kier alpha value is -0.500. The third-order valence-corrected chi connectivity index (χ3v) is 6.59. The molecule has 0 amide bonds. The monoisotopic (exact) mass is 472 g/mol. The molecule has 2 aromatic carbocycles. The molecule has 2 rings (SSSR count). The van der Waals surface area contributed by atoms with Gasteiger partial charge in [-0.25, -0.2) is 0 Å². The Bertz CT molecular complexity index is 610. The molecule has 0 saturated heterocycles. The van der Waals surface area contributed by atoms with Crippen LogP contribution in [0.1, 0.15) is 11.1 Å². The molecule has 0 aromatic heterocycles. The van der Waals surface area contributed by atoms with Gasteiger partial charge in [0.05, 0.1) is 0 Å². The minimum atomic E-state index is -1.27. The fourth-order valence-corrected chi connectivity index (χ4v) is 4.34. The van der Waals surface area contributed by atoms with Crippen molar-refractivity contribution in [3.63, 3.8) is 0 Å². The van der Waals surface area contributed by atoms with Crippen molar-refractivity contribution in [1.29, 1.82) is 0 Å². The molecule has 0 fully saturated rings. The molecule has 0 N–H and O–H groups in total. The highest BCUT2D eigenvalue weighted by Gasteiger charge is 2.11. The summed E-state index contributed by atoms with van der Waals surface area (Å²) in [7, 11) is 0. The van der Waals surface area contributed by atoms with Crippen molar-refractivity contribution in [3.8, 4) is 0 Å². The topological polar surface area (TPSA) is 46.1 Å². The molecule has 2 atom stereocenters. The highest BCUT2D eigenvalue weighted by atomic mass is 79.9. The van der Waals surface area contributed by atoms with Gasteiger partial charge < -0.3 is 9.11 Å². The quantitative estimate of drug-likeness (QED) is 0.533. The van der Waals surface area contributed by atoms with E-state index in [0.717, 1.165) is 20.1 Å². The molecule has 0 aliphatic carbocycles. The molecule has 0 spiro atoms. The van der Waals surface area contributed by atoms with Crippen LogP contribution in [0, 0.1) is 0 Å². The highest BCUT2D eigenvalue weighted by molar-refractivity contribution is 9.10. The van der Waals surface area contributed by atoms with E-state index in [9.17, 15) is 9.11 Å². The predicted octanol–water partition coefficient (Wildman–Crippen LogP) is 5.31. The van der Waals surface area contributed by atoms with E-state index in [1.54, 1.807) is 23.0 Å². The lowest BCUT2D eigenvalue weighted by atomic mass is 10.2. The molecule has 2 nitrogen and oxygen atoms in total. The summed E-state index contributed by atoms with van der Waals surface area (Å²) in [4.78, 5) is 0. The zero-order chi connectivity index (χ0) is 16.7. The van der Waals surface area contributed by atoms with Crippen LogP contribution in [0.15, 0.2) is 68.3 Å². The molecule has 0 saturated carbocycles. The van der Waals surface area contributed by atoms with Crippen LogP contribution in [0.2, 0.25) is 0 Å². The van der Waals surface area contributed by atoms with Gasteiger partial charge in [0.2, 0.25) is 0 Å². The van der Waals surface area contributed by atoms with Crippen LogP contribution in [0.5, 0.6) is 0 Å². The molecule has 6 heteroatoms. The summed E-state index contributed by atoms with van der Waals surface area (Å²) in [6, 6.07) is 15.3. The summed E-state index contributed by atoms with van der Waals surface area (Å²) in [6.45, 7) is 0. The number of halogens is 2. The van der Waals surface area contributed by atoms with E-state index in [2.05, 4.69) is 31.9 Å². The Morgan fingerprint density at radius 1 is 0.696 bits per heavy atom. The van der Waals surface area contributed by atoms with Gasteiger partial charge in [0.1, 0.15) is 10.8 Å². The summed E-state index contributed by atoms with van der Waals surface area (Å²) in [5, 5.41) is 3.25. The maximum atomic E-state index is 11.9. The number of hydrogen-bond acceptors (Lipinski definition) is 2. The van der Waals surface area contributed by atoms with Crippen molar-refractivity contribution in [2.24, 2.45) is 0 Å². The molecule has 120 valence electrons. The molecule has 2 unspecified atom stereocenters. The molecule has 2 aromatic rings. The van der Waals surface area contributed by atoms with Crippen molar-refractivity contribution in [3.05, 3.63) is 79.4 Å². The molecular weight excluding hydrogens is 460 g/mol. The van der Waals surface area contributed by atoms with Gasteiger partial charge in [-0.3, -0.25) is 0 Å². The standard InChI is InChI=1S/C17H14Br2O2S2/c18-16-5-1-14(2-6-16)9-11-22(20)13-23(21)12-10-15-3-7-17(19)8-4-15/h1-12H,13H2/b11-9-,12-10?. The minimum Gasteiger partial charge on any atom is -0.608 e. The van der Waals surface area contributed by atoms with E-state index in [1.165, 1.54) is 0 Å². The summed E-state index contributed by atoms with van der Waals surface area (Å²) < 4.78 is 25.9. The fraction of sp³-hybridized carbons (Fsp3) is 0.0588.